The van der Waals surface area contributed by atoms with Crippen molar-refractivity contribution >= 4 is 5.91 Å². The number of benzene rings is 1. The lowest BCUT2D eigenvalue weighted by atomic mass is 9.84. The van der Waals surface area contributed by atoms with Crippen LogP contribution in [0, 0.1) is 5.92 Å². The number of alkyl halides is 3. The number of rotatable bonds is 4. The van der Waals surface area contributed by atoms with Gasteiger partial charge < -0.3 is 10.1 Å². The van der Waals surface area contributed by atoms with E-state index in [4.69, 9.17) is 4.74 Å². The lowest BCUT2D eigenvalue weighted by Crippen LogP contribution is -2.47. The summed E-state index contributed by atoms with van der Waals surface area (Å²) in [7, 11) is 0. The smallest absolute Gasteiger partial charge is 0.373 e. The average molecular weight is 398 g/mol. The van der Waals surface area contributed by atoms with Crippen LogP contribution in [0.25, 0.3) is 0 Å². The van der Waals surface area contributed by atoms with Crippen molar-refractivity contribution in [3.63, 3.8) is 0 Å². The number of hydrogen-bond donors (Lipinski definition) is 1. The molecule has 1 amide bonds. The summed E-state index contributed by atoms with van der Waals surface area (Å²) in [5, 5.41) is 2.62. The number of carbonyl (C=O) groups excluding carboxylic acids is 1. The first-order chi connectivity index (χ1) is 13.2. The zero-order valence-corrected chi connectivity index (χ0v) is 16.5. The van der Waals surface area contributed by atoms with Gasteiger partial charge in [0.05, 0.1) is 18.1 Å². The van der Waals surface area contributed by atoms with Crippen LogP contribution in [0.1, 0.15) is 55.5 Å². The molecule has 2 fully saturated rings. The zero-order valence-electron chi connectivity index (χ0n) is 16.5. The normalized spacial score (nSPS) is 29.5. The highest BCUT2D eigenvalue weighted by molar-refractivity contribution is 5.94. The Bertz CT molecular complexity index is 653. The zero-order chi connectivity index (χ0) is 20.3. The predicted octanol–water partition coefficient (Wildman–Crippen LogP) is 4.15. The van der Waals surface area contributed by atoms with Gasteiger partial charge in [-0.25, -0.2) is 0 Å². The maximum Gasteiger partial charge on any atom is 0.393 e. The number of nitrogens with zero attached hydrogens (tertiary/aromatic N) is 1. The number of amides is 1. The maximum absolute atomic E-state index is 13.2. The van der Waals surface area contributed by atoms with Gasteiger partial charge in [-0.2, -0.15) is 13.2 Å². The Morgan fingerprint density at radius 1 is 1.11 bits per heavy atom. The quantitative estimate of drug-likeness (QED) is 0.829. The number of morpholine rings is 1. The second kappa shape index (κ2) is 8.82. The molecule has 2 aliphatic rings. The number of carbonyl (C=O) groups is 1. The molecule has 0 bridgehead atoms. The first-order valence-electron chi connectivity index (χ1n) is 10.1. The van der Waals surface area contributed by atoms with Crippen molar-refractivity contribution in [2.45, 2.75) is 70.5 Å². The first kappa shape index (κ1) is 21.1. The van der Waals surface area contributed by atoms with Crippen molar-refractivity contribution in [2.24, 2.45) is 5.92 Å². The molecule has 1 saturated carbocycles. The average Bonchev–Trinajstić information content (AvgIpc) is 2.61. The summed E-state index contributed by atoms with van der Waals surface area (Å²) in [6.07, 6.45) is -2.16. The van der Waals surface area contributed by atoms with E-state index >= 15 is 0 Å². The summed E-state index contributed by atoms with van der Waals surface area (Å²) in [5.41, 5.74) is 1.47. The molecule has 1 saturated heterocycles. The van der Waals surface area contributed by atoms with Crippen molar-refractivity contribution in [2.75, 3.05) is 13.1 Å². The van der Waals surface area contributed by atoms with Gasteiger partial charge in [-0.15, -0.1) is 0 Å². The number of ether oxygens (including phenoxy) is 1. The molecule has 4 atom stereocenters. The fourth-order valence-corrected chi connectivity index (χ4v) is 4.38. The Balaban J connectivity index is 1.59. The van der Waals surface area contributed by atoms with Crippen LogP contribution in [0.4, 0.5) is 13.2 Å². The summed E-state index contributed by atoms with van der Waals surface area (Å²) < 4.78 is 45.4. The first-order valence-corrected chi connectivity index (χ1v) is 10.1. The molecule has 1 aliphatic heterocycles. The van der Waals surface area contributed by atoms with E-state index in [1.165, 1.54) is 0 Å². The molecule has 0 spiro atoms. The Labute approximate surface area is 164 Å². The highest BCUT2D eigenvalue weighted by Gasteiger charge is 2.46. The van der Waals surface area contributed by atoms with Crippen molar-refractivity contribution in [1.29, 1.82) is 0 Å². The van der Waals surface area contributed by atoms with E-state index in [1.54, 1.807) is 12.1 Å². The molecule has 1 aromatic rings. The molecule has 3 rings (SSSR count). The number of hydrogen-bond acceptors (Lipinski definition) is 3. The van der Waals surface area contributed by atoms with Crippen molar-refractivity contribution in [3.05, 3.63) is 35.4 Å². The Morgan fingerprint density at radius 3 is 2.32 bits per heavy atom. The highest BCUT2D eigenvalue weighted by Crippen LogP contribution is 2.37. The molecular formula is C21H29F3N2O2. The molecule has 28 heavy (non-hydrogen) atoms. The Kier molecular flexibility index (Phi) is 6.65. The standard InChI is InChI=1S/C21H29F3N2O2/c1-14-11-26(12-15(2)28-14)13-16-7-9-17(10-8-16)20(27)25-19-6-4-3-5-18(19)21(22,23)24/h7-10,14-15,18-19H,3-6,11-13H2,1-2H3,(H,25,27)/t14-,15-,18-,19-/m1/s1. The van der Waals surface area contributed by atoms with Crippen molar-refractivity contribution in [3.8, 4) is 0 Å². The predicted molar refractivity (Wildman–Crippen MR) is 101 cm³/mol. The number of nitrogens with one attached hydrogen (secondary N) is 1. The Morgan fingerprint density at radius 2 is 1.71 bits per heavy atom. The molecule has 7 heteroatoms. The molecule has 1 aromatic carbocycles. The minimum absolute atomic E-state index is 0.0871. The van der Waals surface area contributed by atoms with E-state index in [-0.39, 0.29) is 18.6 Å². The van der Waals surface area contributed by atoms with Crippen LogP contribution in [0.15, 0.2) is 24.3 Å². The van der Waals surface area contributed by atoms with Crippen LogP contribution in [0.3, 0.4) is 0 Å². The molecule has 1 N–H and O–H groups in total. The van der Waals surface area contributed by atoms with Crippen LogP contribution in [0.5, 0.6) is 0 Å². The minimum Gasteiger partial charge on any atom is -0.373 e. The summed E-state index contributed by atoms with van der Waals surface area (Å²) in [6, 6.07) is 6.31. The van der Waals surface area contributed by atoms with E-state index in [9.17, 15) is 18.0 Å². The minimum atomic E-state index is -4.27. The lowest BCUT2D eigenvalue weighted by molar-refractivity contribution is -0.187. The summed E-state index contributed by atoms with van der Waals surface area (Å²) in [6.45, 7) is 6.57. The maximum atomic E-state index is 13.2. The van der Waals surface area contributed by atoms with E-state index < -0.39 is 24.0 Å². The number of halogens is 3. The molecule has 1 aliphatic carbocycles. The fourth-order valence-electron chi connectivity index (χ4n) is 4.38. The second-order valence-corrected chi connectivity index (χ2v) is 8.16. The van der Waals surface area contributed by atoms with E-state index in [0.717, 1.165) is 25.2 Å². The Hall–Kier alpha value is -1.60. The van der Waals surface area contributed by atoms with Gasteiger partial charge in [-0.05, 0) is 44.4 Å². The van der Waals surface area contributed by atoms with Gasteiger partial charge in [0.2, 0.25) is 0 Å². The van der Waals surface area contributed by atoms with E-state index in [2.05, 4.69) is 24.1 Å². The molecule has 0 unspecified atom stereocenters. The highest BCUT2D eigenvalue weighted by atomic mass is 19.4. The summed E-state index contributed by atoms with van der Waals surface area (Å²) in [5.74, 6) is -1.88. The van der Waals surface area contributed by atoms with Crippen molar-refractivity contribution < 1.29 is 22.7 Å². The van der Waals surface area contributed by atoms with Gasteiger partial charge in [-0.1, -0.05) is 25.0 Å². The van der Waals surface area contributed by atoms with Crippen LogP contribution >= 0.6 is 0 Å². The topological polar surface area (TPSA) is 41.6 Å². The largest absolute Gasteiger partial charge is 0.393 e. The fraction of sp³-hybridized carbons (Fsp3) is 0.667. The van der Waals surface area contributed by atoms with Crippen LogP contribution in [-0.2, 0) is 11.3 Å². The van der Waals surface area contributed by atoms with Crippen LogP contribution in [-0.4, -0.2) is 48.3 Å². The summed E-state index contributed by atoms with van der Waals surface area (Å²) in [4.78, 5) is 14.8. The van der Waals surface area contributed by atoms with Gasteiger partial charge in [-0.3, -0.25) is 9.69 Å². The molecule has 0 aromatic heterocycles. The van der Waals surface area contributed by atoms with Gasteiger partial charge in [0.25, 0.3) is 5.91 Å². The molecule has 156 valence electrons. The third kappa shape index (κ3) is 5.47. The van der Waals surface area contributed by atoms with Gasteiger partial charge in [0, 0.05) is 31.2 Å². The van der Waals surface area contributed by atoms with Crippen molar-refractivity contribution in [1.82, 2.24) is 10.2 Å². The summed E-state index contributed by atoms with van der Waals surface area (Å²) >= 11 is 0. The SMILES string of the molecule is C[C@@H]1CN(Cc2ccc(C(=O)N[C@@H]3CCCC[C@H]3C(F)(F)F)cc2)C[C@@H](C)O1. The third-order valence-corrected chi connectivity index (χ3v) is 5.62. The van der Waals surface area contributed by atoms with Gasteiger partial charge in [0.1, 0.15) is 0 Å². The molecule has 0 radical (unpaired) electrons. The van der Waals surface area contributed by atoms with Crippen LogP contribution in [0.2, 0.25) is 0 Å². The van der Waals surface area contributed by atoms with Gasteiger partial charge in [0.15, 0.2) is 0 Å². The monoisotopic (exact) mass is 398 g/mol. The van der Waals surface area contributed by atoms with Crippen LogP contribution < -0.4 is 5.32 Å². The molecule has 4 nitrogen and oxygen atoms in total. The molecule has 1 heterocycles. The van der Waals surface area contributed by atoms with E-state index in [1.807, 2.05) is 12.1 Å². The third-order valence-electron chi connectivity index (χ3n) is 5.62. The lowest BCUT2D eigenvalue weighted by Gasteiger charge is -2.35. The second-order valence-electron chi connectivity index (χ2n) is 8.16. The molecular weight excluding hydrogens is 369 g/mol. The van der Waals surface area contributed by atoms with E-state index in [0.29, 0.717) is 24.8 Å². The van der Waals surface area contributed by atoms with Gasteiger partial charge >= 0.3 is 6.18 Å².